The monoisotopic (exact) mass is 183 g/mol. The van der Waals surface area contributed by atoms with E-state index in [0.717, 1.165) is 6.29 Å². The van der Waals surface area contributed by atoms with Crippen molar-refractivity contribution in [2.45, 2.75) is 27.3 Å². The molecule has 0 fully saturated rings. The minimum Gasteiger partial charge on any atom is -0.302 e. The number of rotatable bonds is 3. The third-order valence-electron chi connectivity index (χ3n) is 0.527. The Morgan fingerprint density at radius 3 is 2.00 bits per heavy atom. The molecule has 0 aliphatic heterocycles. The van der Waals surface area contributed by atoms with Crippen molar-refractivity contribution in [3.8, 4) is 0 Å². The summed E-state index contributed by atoms with van der Waals surface area (Å²) in [5, 5.41) is 0. The van der Waals surface area contributed by atoms with Gasteiger partial charge in [-0.1, -0.05) is 34.1 Å². The Bertz CT molecular complexity index is 57.7. The molecule has 0 saturated carbocycles. The van der Waals surface area contributed by atoms with E-state index in [1.807, 2.05) is 13.8 Å². The number of thiol groups is 2. The molecule has 0 aromatic carbocycles. The van der Waals surface area contributed by atoms with Gasteiger partial charge in [0.2, 0.25) is 0 Å². The van der Waals surface area contributed by atoms with Gasteiger partial charge in [0.15, 0.2) is 0 Å². The molecule has 64 valence electrons. The maximum absolute atomic E-state index is 9.81. The van der Waals surface area contributed by atoms with Crippen molar-refractivity contribution >= 4 is 31.7 Å². The van der Waals surface area contributed by atoms with Gasteiger partial charge in [0.25, 0.3) is 0 Å². The zero-order valence-corrected chi connectivity index (χ0v) is 7.45. The van der Waals surface area contributed by atoms with Gasteiger partial charge < -0.3 is 4.79 Å². The van der Waals surface area contributed by atoms with Crippen LogP contribution in [0.25, 0.3) is 0 Å². The van der Waals surface area contributed by atoms with Crippen molar-refractivity contribution in [3.63, 3.8) is 0 Å². The van der Waals surface area contributed by atoms with Gasteiger partial charge in [-0.3, -0.25) is 4.72 Å². The Kier molecular flexibility index (Phi) is 27.0. The van der Waals surface area contributed by atoms with Crippen LogP contribution in [0.1, 0.15) is 21.3 Å². The molecule has 1 atom stereocenters. The molecule has 10 heavy (non-hydrogen) atoms. The van der Waals surface area contributed by atoms with Gasteiger partial charge in [0.1, 0.15) is 6.29 Å². The lowest BCUT2D eigenvalue weighted by Gasteiger charge is -1.99. The minimum atomic E-state index is -0.216. The first-order chi connectivity index (χ1) is 4.35. The molecule has 0 saturated heterocycles. The molecule has 0 heterocycles. The largest absolute Gasteiger partial charge is 0.302 e. The molecule has 0 bridgehead atoms. The van der Waals surface area contributed by atoms with Gasteiger partial charge in [-0.05, 0) is 0 Å². The van der Waals surface area contributed by atoms with Gasteiger partial charge in [0.05, 0.1) is 6.04 Å². The molecule has 0 aromatic rings. The van der Waals surface area contributed by atoms with Gasteiger partial charge in [-0.2, -0.15) is 12.6 Å². The molecule has 0 radical (unpaired) electrons. The summed E-state index contributed by atoms with van der Waals surface area (Å²) < 4.78 is 2.45. The van der Waals surface area contributed by atoms with E-state index < -0.39 is 0 Å². The molecule has 0 aliphatic rings. The summed E-state index contributed by atoms with van der Waals surface area (Å²) in [6, 6.07) is -0.216. The highest BCUT2D eigenvalue weighted by molar-refractivity contribution is 7.80. The molecular weight excluding hydrogens is 166 g/mol. The molecule has 0 amide bonds. The van der Waals surface area contributed by atoms with Crippen LogP contribution in [-0.2, 0) is 4.79 Å². The number of nitrogens with one attached hydrogen (secondary N) is 1. The number of hydrogen-bond donors (Lipinski definition) is 3. The predicted octanol–water partition coefficient (Wildman–Crippen LogP) is 1.58. The van der Waals surface area contributed by atoms with Crippen LogP contribution in [0.2, 0.25) is 0 Å². The average Bonchev–Trinajstić information content (AvgIpc) is 1.96. The SMILES string of the molecule is C.CC.O=C[C@H](CS)NS. The van der Waals surface area contributed by atoms with E-state index >= 15 is 0 Å². The van der Waals surface area contributed by atoms with E-state index in [0.29, 0.717) is 5.75 Å². The maximum Gasteiger partial charge on any atom is 0.138 e. The Labute approximate surface area is 74.7 Å². The summed E-state index contributed by atoms with van der Waals surface area (Å²) in [4.78, 5) is 9.81. The van der Waals surface area contributed by atoms with Crippen molar-refractivity contribution in [2.75, 3.05) is 5.75 Å². The second kappa shape index (κ2) is 16.2. The standard InChI is InChI=1S/C3H7NOS2.C2H6.CH4/c5-1-3(2-6)4-7;1-2;/h1,3-4,6-7H,2H2;1-2H3;1H4/t3-;;/m1../s1. The normalized spacial score (nSPS) is 10.0. The lowest BCUT2D eigenvalue weighted by atomic mass is 10.4. The van der Waals surface area contributed by atoms with E-state index in [1.54, 1.807) is 0 Å². The summed E-state index contributed by atoms with van der Waals surface area (Å²) in [7, 11) is 0. The van der Waals surface area contributed by atoms with Crippen LogP contribution in [0, 0.1) is 0 Å². The van der Waals surface area contributed by atoms with E-state index in [2.05, 4.69) is 30.2 Å². The highest BCUT2D eigenvalue weighted by Gasteiger charge is 1.96. The molecule has 2 nitrogen and oxygen atoms in total. The fourth-order valence-electron chi connectivity index (χ4n) is 0.114. The van der Waals surface area contributed by atoms with Crippen molar-refractivity contribution < 1.29 is 4.79 Å². The summed E-state index contributed by atoms with van der Waals surface area (Å²) in [5.74, 6) is 0.493. The predicted molar refractivity (Wildman–Crippen MR) is 53.9 cm³/mol. The zero-order chi connectivity index (χ0) is 7.70. The third-order valence-corrected chi connectivity index (χ3v) is 1.25. The van der Waals surface area contributed by atoms with Crippen LogP contribution in [0.3, 0.4) is 0 Å². The molecule has 0 spiro atoms. The molecular formula is C6H17NOS2. The summed E-state index contributed by atoms with van der Waals surface area (Å²) in [6.45, 7) is 4.00. The number of carbonyl (C=O) groups excluding carboxylic acids is 1. The van der Waals surface area contributed by atoms with Gasteiger partial charge in [-0.25, -0.2) is 0 Å². The van der Waals surface area contributed by atoms with Crippen LogP contribution in [-0.4, -0.2) is 18.1 Å². The first-order valence-electron chi connectivity index (χ1n) is 2.81. The Balaban J connectivity index is -0.000000149. The first-order valence-corrected chi connectivity index (χ1v) is 3.89. The van der Waals surface area contributed by atoms with E-state index in [9.17, 15) is 4.79 Å². The molecule has 0 aliphatic carbocycles. The molecule has 0 unspecified atom stereocenters. The Hall–Kier alpha value is 0.330. The van der Waals surface area contributed by atoms with Crippen LogP contribution < -0.4 is 4.72 Å². The Morgan fingerprint density at radius 2 is 2.00 bits per heavy atom. The highest BCUT2D eigenvalue weighted by Crippen LogP contribution is 1.81. The lowest BCUT2D eigenvalue weighted by Crippen LogP contribution is -2.23. The maximum atomic E-state index is 9.81. The van der Waals surface area contributed by atoms with Crippen molar-refractivity contribution in [3.05, 3.63) is 0 Å². The molecule has 0 aromatic heterocycles. The summed E-state index contributed by atoms with van der Waals surface area (Å²) in [5.41, 5.74) is 0. The van der Waals surface area contributed by atoms with E-state index in [4.69, 9.17) is 0 Å². The average molecular weight is 183 g/mol. The highest BCUT2D eigenvalue weighted by atomic mass is 32.1. The minimum absolute atomic E-state index is 0. The van der Waals surface area contributed by atoms with Crippen molar-refractivity contribution in [1.82, 2.24) is 4.72 Å². The molecule has 1 N–H and O–H groups in total. The fraction of sp³-hybridized carbons (Fsp3) is 0.833. The van der Waals surface area contributed by atoms with Crippen LogP contribution >= 0.6 is 25.4 Å². The van der Waals surface area contributed by atoms with Crippen LogP contribution in [0.15, 0.2) is 0 Å². The van der Waals surface area contributed by atoms with Gasteiger partial charge >= 0.3 is 0 Å². The Morgan fingerprint density at radius 1 is 1.60 bits per heavy atom. The quantitative estimate of drug-likeness (QED) is 0.458. The summed E-state index contributed by atoms with van der Waals surface area (Å²) in [6.07, 6.45) is 0.764. The van der Waals surface area contributed by atoms with Crippen molar-refractivity contribution in [2.24, 2.45) is 0 Å². The zero-order valence-electron chi connectivity index (χ0n) is 5.66. The van der Waals surface area contributed by atoms with Gasteiger partial charge in [0, 0.05) is 5.75 Å². The number of carbonyl (C=O) groups is 1. The number of aldehydes is 1. The van der Waals surface area contributed by atoms with E-state index in [1.165, 1.54) is 0 Å². The van der Waals surface area contributed by atoms with Crippen LogP contribution in [0.5, 0.6) is 0 Å². The van der Waals surface area contributed by atoms with E-state index in [-0.39, 0.29) is 13.5 Å². The lowest BCUT2D eigenvalue weighted by molar-refractivity contribution is -0.108. The fourth-order valence-corrected chi connectivity index (χ4v) is 0.588. The van der Waals surface area contributed by atoms with Crippen LogP contribution in [0.4, 0.5) is 0 Å². The first kappa shape index (κ1) is 16.7. The summed E-state index contributed by atoms with van der Waals surface area (Å²) >= 11 is 7.48. The smallest absolute Gasteiger partial charge is 0.138 e. The topological polar surface area (TPSA) is 29.1 Å². The molecule has 4 heteroatoms. The third kappa shape index (κ3) is 11.2. The van der Waals surface area contributed by atoms with Gasteiger partial charge in [-0.15, -0.1) is 0 Å². The van der Waals surface area contributed by atoms with Crippen molar-refractivity contribution in [1.29, 1.82) is 0 Å². The second-order valence-corrected chi connectivity index (χ2v) is 1.68. The second-order valence-electron chi connectivity index (χ2n) is 1.05. The molecule has 0 rings (SSSR count). The number of hydrogen-bond acceptors (Lipinski definition) is 4.